The number of carbonyl (C=O) groups is 1. The van der Waals surface area contributed by atoms with Crippen molar-refractivity contribution in [1.82, 2.24) is 19.7 Å². The van der Waals surface area contributed by atoms with E-state index < -0.39 is 11.4 Å². The Hall–Kier alpha value is -3.32. The predicted octanol–water partition coefficient (Wildman–Crippen LogP) is 7.23. The summed E-state index contributed by atoms with van der Waals surface area (Å²) in [6.07, 6.45) is 3.54. The number of halogens is 2. The van der Waals surface area contributed by atoms with Crippen LogP contribution in [0.5, 0.6) is 0 Å². The molecule has 1 aliphatic rings. The Morgan fingerprint density at radius 2 is 1.89 bits per heavy atom. The summed E-state index contributed by atoms with van der Waals surface area (Å²) in [4.78, 5) is 17.8. The van der Waals surface area contributed by atoms with Crippen LogP contribution in [-0.2, 0) is 30.5 Å². The van der Waals surface area contributed by atoms with E-state index in [9.17, 15) is 4.79 Å². The fourth-order valence-corrected chi connectivity index (χ4v) is 5.41. The smallest absolute Gasteiger partial charge is 0.410 e. The number of ether oxygens (including phenoxy) is 1. The lowest BCUT2D eigenvalue weighted by molar-refractivity contribution is 0.0224. The van der Waals surface area contributed by atoms with Crippen LogP contribution in [-0.4, -0.2) is 37.9 Å². The number of hydrogen-bond donors (Lipinski definition) is 1. The van der Waals surface area contributed by atoms with Crippen LogP contribution in [0.25, 0.3) is 27.8 Å². The van der Waals surface area contributed by atoms with Gasteiger partial charge in [0.1, 0.15) is 11.4 Å². The quantitative estimate of drug-likeness (QED) is 0.307. The Bertz CT molecular complexity index is 1480. The summed E-state index contributed by atoms with van der Waals surface area (Å²) in [5.74, 6) is -0.428. The highest BCUT2D eigenvalue weighted by molar-refractivity contribution is 6.35. The molecule has 194 valence electrons. The van der Waals surface area contributed by atoms with E-state index in [2.05, 4.69) is 37.0 Å². The van der Waals surface area contributed by atoms with Gasteiger partial charge in [0.2, 0.25) is 0 Å². The van der Waals surface area contributed by atoms with E-state index in [1.54, 1.807) is 11.1 Å². The molecule has 5 rings (SSSR count). The average molecular weight is 523 g/mol. The lowest BCUT2D eigenvalue weighted by Gasteiger charge is -2.30. The highest BCUT2D eigenvalue weighted by Gasteiger charge is 2.33. The Morgan fingerprint density at radius 1 is 1.19 bits per heavy atom. The number of benzene rings is 2. The fourth-order valence-electron chi connectivity index (χ4n) is 5.16. The van der Waals surface area contributed by atoms with Crippen molar-refractivity contribution < 1.29 is 13.9 Å². The second-order valence-corrected chi connectivity index (χ2v) is 10.9. The third-order valence-electron chi connectivity index (χ3n) is 6.85. The Balaban J connectivity index is 1.78. The van der Waals surface area contributed by atoms with Gasteiger partial charge in [0.25, 0.3) is 0 Å². The van der Waals surface area contributed by atoms with E-state index in [-0.39, 0.29) is 12.6 Å². The standard InChI is InChI=1S/C29H32ClFN4O2/c1-6-17-9-8-10-18(7-2)26(17)35-27(24-19-11-13-32-25(19)21(30)15-22(24)31)20-16-34(14-12-23(20)33-35)28(36)37-29(3,4)5/h8-11,13,15,32H,6-7,12,14,16H2,1-5H3. The van der Waals surface area contributed by atoms with Crippen LogP contribution < -0.4 is 0 Å². The van der Waals surface area contributed by atoms with Crippen LogP contribution in [0.1, 0.15) is 57.0 Å². The van der Waals surface area contributed by atoms with Crippen molar-refractivity contribution >= 4 is 28.6 Å². The molecule has 0 aliphatic carbocycles. The molecule has 8 heteroatoms. The van der Waals surface area contributed by atoms with Crippen LogP contribution >= 0.6 is 11.6 Å². The summed E-state index contributed by atoms with van der Waals surface area (Å²) in [6, 6.07) is 9.43. The molecule has 0 saturated carbocycles. The molecule has 3 heterocycles. The fraction of sp³-hybridized carbons (Fsp3) is 0.379. The molecule has 1 aliphatic heterocycles. The van der Waals surface area contributed by atoms with E-state index in [0.717, 1.165) is 40.9 Å². The Morgan fingerprint density at radius 3 is 2.54 bits per heavy atom. The molecule has 0 spiro atoms. The maximum atomic E-state index is 15.9. The van der Waals surface area contributed by atoms with Crippen molar-refractivity contribution in [1.29, 1.82) is 0 Å². The van der Waals surface area contributed by atoms with Crippen molar-refractivity contribution in [2.45, 2.75) is 66.0 Å². The van der Waals surface area contributed by atoms with Crippen LogP contribution in [0, 0.1) is 5.82 Å². The minimum Gasteiger partial charge on any atom is -0.444 e. The normalized spacial score (nSPS) is 13.8. The summed E-state index contributed by atoms with van der Waals surface area (Å²) in [7, 11) is 0. The lowest BCUT2D eigenvalue weighted by Crippen LogP contribution is -2.39. The first kappa shape index (κ1) is 25.3. The molecule has 0 atom stereocenters. The van der Waals surface area contributed by atoms with Gasteiger partial charge in [-0.25, -0.2) is 13.9 Å². The first-order chi connectivity index (χ1) is 17.6. The van der Waals surface area contributed by atoms with E-state index in [0.29, 0.717) is 40.1 Å². The summed E-state index contributed by atoms with van der Waals surface area (Å²) >= 11 is 6.40. The van der Waals surface area contributed by atoms with Gasteiger partial charge >= 0.3 is 6.09 Å². The van der Waals surface area contributed by atoms with Gasteiger partial charge < -0.3 is 14.6 Å². The minimum absolute atomic E-state index is 0.281. The maximum Gasteiger partial charge on any atom is 0.410 e. The largest absolute Gasteiger partial charge is 0.444 e. The minimum atomic E-state index is -0.611. The highest BCUT2D eigenvalue weighted by Crippen LogP contribution is 2.41. The van der Waals surface area contributed by atoms with Crippen molar-refractivity contribution in [3.8, 4) is 16.9 Å². The zero-order valence-electron chi connectivity index (χ0n) is 21.9. The zero-order valence-corrected chi connectivity index (χ0v) is 22.7. The number of aromatic nitrogens is 3. The number of carbonyl (C=O) groups excluding carboxylic acids is 1. The molecule has 0 unspecified atom stereocenters. The number of rotatable bonds is 4. The highest BCUT2D eigenvalue weighted by atomic mass is 35.5. The molecule has 0 bridgehead atoms. The maximum absolute atomic E-state index is 15.9. The second-order valence-electron chi connectivity index (χ2n) is 10.5. The van der Waals surface area contributed by atoms with E-state index in [1.807, 2.05) is 31.5 Å². The number of H-pyrrole nitrogens is 1. The SMILES string of the molecule is CCc1cccc(CC)c1-n1nc2c(c1-c1c(F)cc(Cl)c3[nH]ccc13)CN(C(=O)OC(C)(C)C)CC2. The molecule has 0 fully saturated rings. The number of fused-ring (bicyclic) bond motifs is 2. The second kappa shape index (κ2) is 9.53. The van der Waals surface area contributed by atoms with E-state index in [1.165, 1.54) is 6.07 Å². The van der Waals surface area contributed by atoms with Gasteiger partial charge in [-0.1, -0.05) is 43.6 Å². The van der Waals surface area contributed by atoms with Gasteiger partial charge in [-0.15, -0.1) is 0 Å². The molecule has 4 aromatic rings. The molecular formula is C29H32ClFN4O2. The molecular weight excluding hydrogens is 491 g/mol. The third-order valence-corrected chi connectivity index (χ3v) is 7.14. The van der Waals surface area contributed by atoms with Gasteiger partial charge in [0.15, 0.2) is 0 Å². The first-order valence-electron chi connectivity index (χ1n) is 12.8. The summed E-state index contributed by atoms with van der Waals surface area (Å²) in [6.45, 7) is 10.5. The predicted molar refractivity (Wildman–Crippen MR) is 145 cm³/mol. The van der Waals surface area contributed by atoms with Crippen molar-refractivity contribution in [3.05, 3.63) is 69.8 Å². The zero-order chi connectivity index (χ0) is 26.5. The molecule has 2 aromatic heterocycles. The Labute approximate surface area is 221 Å². The van der Waals surface area contributed by atoms with Gasteiger partial charge in [-0.05, 0) is 56.9 Å². The van der Waals surface area contributed by atoms with Crippen LogP contribution in [0.4, 0.5) is 9.18 Å². The number of para-hydroxylation sites is 1. The van der Waals surface area contributed by atoms with Gasteiger partial charge in [-0.2, -0.15) is 5.10 Å². The number of hydrogen-bond acceptors (Lipinski definition) is 3. The van der Waals surface area contributed by atoms with E-state index >= 15 is 4.39 Å². The molecule has 0 radical (unpaired) electrons. The van der Waals surface area contributed by atoms with Crippen LogP contribution in [0.15, 0.2) is 36.5 Å². The van der Waals surface area contributed by atoms with Crippen LogP contribution in [0.2, 0.25) is 5.02 Å². The molecule has 6 nitrogen and oxygen atoms in total. The van der Waals surface area contributed by atoms with Crippen molar-refractivity contribution in [2.75, 3.05) is 6.54 Å². The molecule has 2 aromatic carbocycles. The summed E-state index contributed by atoms with van der Waals surface area (Å²) < 4.78 is 23.5. The van der Waals surface area contributed by atoms with Crippen LogP contribution in [0.3, 0.4) is 0 Å². The van der Waals surface area contributed by atoms with Crippen molar-refractivity contribution in [3.63, 3.8) is 0 Å². The van der Waals surface area contributed by atoms with E-state index in [4.69, 9.17) is 21.4 Å². The molecule has 0 saturated heterocycles. The molecule has 1 amide bonds. The summed E-state index contributed by atoms with van der Waals surface area (Å²) in [5.41, 5.74) is 6.05. The molecule has 37 heavy (non-hydrogen) atoms. The van der Waals surface area contributed by atoms with Gasteiger partial charge in [0, 0.05) is 35.7 Å². The summed E-state index contributed by atoms with van der Waals surface area (Å²) in [5, 5.41) is 6.06. The first-order valence-corrected chi connectivity index (χ1v) is 13.2. The van der Waals surface area contributed by atoms with Gasteiger partial charge in [0.05, 0.1) is 34.2 Å². The molecule has 1 N–H and O–H groups in total. The average Bonchev–Trinajstić information content (AvgIpc) is 3.48. The topological polar surface area (TPSA) is 63.2 Å². The Kier molecular flexibility index (Phi) is 6.52. The van der Waals surface area contributed by atoms with Crippen molar-refractivity contribution in [2.24, 2.45) is 0 Å². The number of aryl methyl sites for hydroxylation is 2. The van der Waals surface area contributed by atoms with Gasteiger partial charge in [-0.3, -0.25) is 0 Å². The third kappa shape index (κ3) is 4.50. The monoisotopic (exact) mass is 522 g/mol. The number of aromatic amines is 1. The lowest BCUT2D eigenvalue weighted by atomic mass is 9.97. The number of nitrogens with one attached hydrogen (secondary N) is 1. The number of nitrogens with zero attached hydrogens (tertiary/aromatic N) is 3. The number of amides is 1.